The fraction of sp³-hybridized carbons (Fsp3) is 0.238. The third-order valence-electron chi connectivity index (χ3n) is 4.93. The van der Waals surface area contributed by atoms with Crippen molar-refractivity contribution in [2.24, 2.45) is 0 Å². The zero-order valence-corrected chi connectivity index (χ0v) is 16.5. The number of hydrogen-bond donors (Lipinski definition) is 1. The topological polar surface area (TPSA) is 90.3 Å². The lowest BCUT2D eigenvalue weighted by molar-refractivity contribution is -0.119. The first-order valence-corrected chi connectivity index (χ1v) is 9.57. The smallest absolute Gasteiger partial charge is 0.338 e. The second kappa shape index (κ2) is 7.67. The van der Waals surface area contributed by atoms with Gasteiger partial charge in [0.25, 0.3) is 11.5 Å². The fourth-order valence-corrected chi connectivity index (χ4v) is 3.53. The van der Waals surface area contributed by atoms with Gasteiger partial charge in [0.05, 0.1) is 16.5 Å². The van der Waals surface area contributed by atoms with Crippen LogP contribution in [0, 0.1) is 6.92 Å². The molecule has 8 heteroatoms. The Morgan fingerprint density at radius 1 is 1.28 bits per heavy atom. The van der Waals surface area contributed by atoms with Crippen molar-refractivity contribution >= 4 is 40.1 Å². The Kier molecular flexibility index (Phi) is 5.07. The first kappa shape index (κ1) is 19.1. The molecule has 2 aromatic carbocycles. The molecule has 4 rings (SSSR count). The van der Waals surface area contributed by atoms with Crippen molar-refractivity contribution in [3.8, 4) is 0 Å². The number of nitrogens with zero attached hydrogens (tertiary/aromatic N) is 2. The van der Waals surface area contributed by atoms with Gasteiger partial charge in [0.1, 0.15) is 5.82 Å². The number of carbonyl (C=O) groups excluding carboxylic acids is 2. The molecule has 1 aromatic heterocycles. The van der Waals surface area contributed by atoms with Gasteiger partial charge in [-0.25, -0.2) is 9.78 Å². The minimum Gasteiger partial charge on any atom is -0.452 e. The first-order chi connectivity index (χ1) is 13.9. The molecule has 2 heterocycles. The summed E-state index contributed by atoms with van der Waals surface area (Å²) in [5.41, 5.74) is 1.88. The number of fused-ring (bicyclic) bond motifs is 2. The van der Waals surface area contributed by atoms with Gasteiger partial charge in [-0.15, -0.1) is 0 Å². The van der Waals surface area contributed by atoms with Gasteiger partial charge in [-0.2, -0.15) is 0 Å². The van der Waals surface area contributed by atoms with Crippen molar-refractivity contribution in [2.75, 3.05) is 11.9 Å². The summed E-state index contributed by atoms with van der Waals surface area (Å²) in [4.78, 5) is 41.4. The van der Waals surface area contributed by atoms with Crippen molar-refractivity contribution in [1.29, 1.82) is 0 Å². The summed E-state index contributed by atoms with van der Waals surface area (Å²) in [7, 11) is 0. The highest BCUT2D eigenvalue weighted by Crippen LogP contribution is 2.23. The van der Waals surface area contributed by atoms with E-state index in [4.69, 9.17) is 16.3 Å². The average molecular weight is 412 g/mol. The lowest BCUT2D eigenvalue weighted by Crippen LogP contribution is -2.22. The molecule has 1 aliphatic rings. The summed E-state index contributed by atoms with van der Waals surface area (Å²) < 4.78 is 6.78. The van der Waals surface area contributed by atoms with Gasteiger partial charge in [0.2, 0.25) is 0 Å². The number of benzene rings is 2. The molecular weight excluding hydrogens is 394 g/mol. The summed E-state index contributed by atoms with van der Waals surface area (Å²) in [5.74, 6) is -0.407. The predicted molar refractivity (Wildman–Crippen MR) is 109 cm³/mol. The van der Waals surface area contributed by atoms with Crippen LogP contribution < -0.4 is 10.9 Å². The lowest BCUT2D eigenvalue weighted by Gasteiger charge is -2.10. The fourth-order valence-electron chi connectivity index (χ4n) is 3.35. The van der Waals surface area contributed by atoms with Crippen LogP contribution in [0.25, 0.3) is 10.9 Å². The molecule has 0 saturated heterocycles. The normalized spacial score (nSPS) is 12.6. The van der Waals surface area contributed by atoms with E-state index in [1.54, 1.807) is 35.8 Å². The van der Waals surface area contributed by atoms with Crippen LogP contribution in [0.1, 0.15) is 28.2 Å². The van der Waals surface area contributed by atoms with Crippen molar-refractivity contribution < 1.29 is 14.3 Å². The maximum absolute atomic E-state index is 12.5. The molecule has 1 N–H and O–H groups in total. The van der Waals surface area contributed by atoms with Gasteiger partial charge in [-0.3, -0.25) is 14.2 Å². The Morgan fingerprint density at radius 2 is 2.10 bits per heavy atom. The maximum Gasteiger partial charge on any atom is 0.338 e. The third kappa shape index (κ3) is 3.73. The molecule has 1 aliphatic heterocycles. The first-order valence-electron chi connectivity index (χ1n) is 9.19. The zero-order chi connectivity index (χ0) is 20.5. The van der Waals surface area contributed by atoms with Gasteiger partial charge < -0.3 is 10.1 Å². The van der Waals surface area contributed by atoms with Gasteiger partial charge in [-0.05, 0) is 49.2 Å². The molecule has 0 radical (unpaired) electrons. The Morgan fingerprint density at radius 3 is 2.93 bits per heavy atom. The van der Waals surface area contributed by atoms with Gasteiger partial charge in [0, 0.05) is 23.7 Å². The van der Waals surface area contributed by atoms with Crippen LogP contribution >= 0.6 is 11.6 Å². The molecular formula is C21H18ClN3O4. The Labute approximate surface area is 171 Å². The Bertz CT molecular complexity index is 1200. The van der Waals surface area contributed by atoms with Gasteiger partial charge in [0.15, 0.2) is 6.61 Å². The molecule has 0 spiro atoms. The number of amides is 1. The average Bonchev–Trinajstić information content (AvgIpc) is 3.18. The molecule has 0 unspecified atom stereocenters. The zero-order valence-electron chi connectivity index (χ0n) is 15.7. The standard InChI is InChI=1S/C21H18ClN3O4/c1-12-15(22)4-2-5-16(12)24-19(26)11-29-21(28)13-7-8-14-17(10-13)23-18-6-3-9-25(18)20(14)27/h2,4-5,7-8,10H,3,6,9,11H2,1H3,(H,24,26). The molecule has 0 bridgehead atoms. The lowest BCUT2D eigenvalue weighted by atomic mass is 10.1. The number of hydrogen-bond acceptors (Lipinski definition) is 5. The largest absolute Gasteiger partial charge is 0.452 e. The summed E-state index contributed by atoms with van der Waals surface area (Å²) in [6.07, 6.45) is 1.62. The van der Waals surface area contributed by atoms with E-state index in [2.05, 4.69) is 10.3 Å². The molecule has 0 saturated carbocycles. The summed E-state index contributed by atoms with van der Waals surface area (Å²) in [6, 6.07) is 9.76. The molecule has 1 amide bonds. The summed E-state index contributed by atoms with van der Waals surface area (Å²) >= 11 is 6.03. The van der Waals surface area contributed by atoms with Crippen molar-refractivity contribution in [2.45, 2.75) is 26.3 Å². The Balaban J connectivity index is 1.46. The van der Waals surface area contributed by atoms with Crippen molar-refractivity contribution in [3.05, 3.63) is 68.7 Å². The highest BCUT2D eigenvalue weighted by Gasteiger charge is 2.18. The van der Waals surface area contributed by atoms with Crippen molar-refractivity contribution in [1.82, 2.24) is 9.55 Å². The van der Waals surface area contributed by atoms with E-state index in [1.165, 1.54) is 12.1 Å². The van der Waals surface area contributed by atoms with Crippen molar-refractivity contribution in [3.63, 3.8) is 0 Å². The van der Waals surface area contributed by atoms with E-state index >= 15 is 0 Å². The number of aromatic nitrogens is 2. The quantitative estimate of drug-likeness (QED) is 0.666. The van der Waals surface area contributed by atoms with Crippen LogP contribution in [0.15, 0.2) is 41.2 Å². The van der Waals surface area contributed by atoms with E-state index < -0.39 is 18.5 Å². The third-order valence-corrected chi connectivity index (χ3v) is 5.34. The van der Waals surface area contributed by atoms with Gasteiger partial charge >= 0.3 is 5.97 Å². The molecule has 3 aromatic rings. The maximum atomic E-state index is 12.5. The molecule has 0 fully saturated rings. The molecule has 0 atom stereocenters. The highest BCUT2D eigenvalue weighted by atomic mass is 35.5. The Hall–Kier alpha value is -3.19. The summed E-state index contributed by atoms with van der Waals surface area (Å²) in [5, 5.41) is 3.66. The molecule has 7 nitrogen and oxygen atoms in total. The highest BCUT2D eigenvalue weighted by molar-refractivity contribution is 6.31. The SMILES string of the molecule is Cc1c(Cl)cccc1NC(=O)COC(=O)c1ccc2c(=O)n3c(nc2c1)CCC3. The van der Waals surface area contributed by atoms with E-state index in [0.717, 1.165) is 24.2 Å². The van der Waals surface area contributed by atoms with E-state index in [1.807, 2.05) is 0 Å². The van der Waals surface area contributed by atoms with Gasteiger partial charge in [-0.1, -0.05) is 17.7 Å². The number of halogens is 1. The second-order valence-electron chi connectivity index (χ2n) is 6.86. The van der Waals surface area contributed by atoms with E-state index in [0.29, 0.717) is 28.2 Å². The minimum atomic E-state index is -0.660. The second-order valence-corrected chi connectivity index (χ2v) is 7.26. The van der Waals surface area contributed by atoms with Crippen LogP contribution in [-0.2, 0) is 22.5 Å². The van der Waals surface area contributed by atoms with E-state index in [9.17, 15) is 14.4 Å². The number of aryl methyl sites for hydroxylation is 1. The predicted octanol–water partition coefficient (Wildman–Crippen LogP) is 3.10. The van der Waals surface area contributed by atoms with Crippen LogP contribution in [0.2, 0.25) is 5.02 Å². The molecule has 29 heavy (non-hydrogen) atoms. The van der Waals surface area contributed by atoms with Crippen LogP contribution in [-0.4, -0.2) is 28.0 Å². The number of rotatable bonds is 4. The number of ether oxygens (including phenoxy) is 1. The molecule has 148 valence electrons. The van der Waals surface area contributed by atoms with Crippen LogP contribution in [0.3, 0.4) is 0 Å². The number of anilines is 1. The number of carbonyl (C=O) groups is 2. The summed E-state index contributed by atoms with van der Waals surface area (Å²) in [6.45, 7) is 2.01. The van der Waals surface area contributed by atoms with Crippen LogP contribution in [0.4, 0.5) is 5.69 Å². The monoisotopic (exact) mass is 411 g/mol. The van der Waals surface area contributed by atoms with Crippen LogP contribution in [0.5, 0.6) is 0 Å². The number of nitrogens with one attached hydrogen (secondary N) is 1. The number of esters is 1. The minimum absolute atomic E-state index is 0.0984. The van der Waals surface area contributed by atoms with E-state index in [-0.39, 0.29) is 11.1 Å². The molecule has 0 aliphatic carbocycles.